The first kappa shape index (κ1) is 26.5. The van der Waals surface area contributed by atoms with Gasteiger partial charge in [0.25, 0.3) is 0 Å². The molecule has 158 valence electrons. The van der Waals surface area contributed by atoms with Crippen LogP contribution in [0.2, 0.25) is 0 Å². The highest BCUT2D eigenvalue weighted by Gasteiger charge is 2.30. The van der Waals surface area contributed by atoms with E-state index in [9.17, 15) is 13.2 Å². The van der Waals surface area contributed by atoms with E-state index in [0.29, 0.717) is 18.8 Å². The highest BCUT2D eigenvalue weighted by atomic mass is 35.5. The van der Waals surface area contributed by atoms with Crippen molar-refractivity contribution in [2.24, 2.45) is 0 Å². The zero-order valence-electron chi connectivity index (χ0n) is 15.1. The van der Waals surface area contributed by atoms with Gasteiger partial charge < -0.3 is 15.5 Å². The van der Waals surface area contributed by atoms with Gasteiger partial charge in [-0.3, -0.25) is 4.90 Å². The molecule has 3 rings (SSSR count). The number of benzene rings is 2. The minimum absolute atomic E-state index is 0. The first-order chi connectivity index (χ1) is 12.0. The summed E-state index contributed by atoms with van der Waals surface area (Å²) in [4.78, 5) is 2.30. The molecular weight excluding hydrogens is 416 g/mol. The number of halogens is 5. The van der Waals surface area contributed by atoms with Crippen LogP contribution in [0.3, 0.4) is 0 Å². The molecule has 1 heterocycles. The summed E-state index contributed by atoms with van der Waals surface area (Å²) in [6.07, 6.45) is -4.38. The van der Waals surface area contributed by atoms with Gasteiger partial charge in [-0.25, -0.2) is 0 Å². The Balaban J connectivity index is 0.00000243. The van der Waals surface area contributed by atoms with E-state index in [1.165, 1.54) is 11.6 Å². The molecule has 1 fully saturated rings. The van der Waals surface area contributed by atoms with Crippen molar-refractivity contribution in [1.29, 1.82) is 0 Å². The average Bonchev–Trinajstić information content (AvgIpc) is 2.61. The minimum atomic E-state index is -4.33. The second kappa shape index (κ2) is 12.1. The number of hydrogen-bond donors (Lipinski definition) is 1. The maximum Gasteiger partial charge on any atom is 0.416 e. The van der Waals surface area contributed by atoms with Gasteiger partial charge in [-0.05, 0) is 23.8 Å². The van der Waals surface area contributed by atoms with Crippen molar-refractivity contribution < 1.29 is 23.4 Å². The minimum Gasteiger partial charge on any atom is -0.412 e. The van der Waals surface area contributed by atoms with Crippen molar-refractivity contribution in [1.82, 2.24) is 4.90 Å². The molecule has 0 amide bonds. The van der Waals surface area contributed by atoms with Gasteiger partial charge in [-0.15, -0.1) is 24.8 Å². The summed E-state index contributed by atoms with van der Waals surface area (Å²) in [7, 11) is 0. The smallest absolute Gasteiger partial charge is 0.412 e. The molecule has 1 atom stereocenters. The Hall–Kier alpha value is -1.51. The Morgan fingerprint density at radius 1 is 1.04 bits per heavy atom. The van der Waals surface area contributed by atoms with Gasteiger partial charge >= 0.3 is 6.18 Å². The molecule has 0 saturated carbocycles. The number of anilines is 1. The van der Waals surface area contributed by atoms with Gasteiger partial charge in [0.05, 0.1) is 18.3 Å². The van der Waals surface area contributed by atoms with Crippen molar-refractivity contribution >= 4 is 30.5 Å². The topological polar surface area (TPSA) is 56.0 Å². The quantitative estimate of drug-likeness (QED) is 0.762. The predicted octanol–water partition coefficient (Wildman–Crippen LogP) is 4.04. The summed E-state index contributed by atoms with van der Waals surface area (Å²) >= 11 is 0. The van der Waals surface area contributed by atoms with Gasteiger partial charge in [0.1, 0.15) is 0 Å². The summed E-state index contributed by atoms with van der Waals surface area (Å²) in [5.41, 5.74) is 1.06. The molecule has 9 heteroatoms. The largest absolute Gasteiger partial charge is 0.416 e. The normalized spacial score (nSPS) is 16.9. The monoisotopic (exact) mass is 440 g/mol. The van der Waals surface area contributed by atoms with Gasteiger partial charge in [0, 0.05) is 31.9 Å². The second-order valence-electron chi connectivity index (χ2n) is 6.17. The van der Waals surface area contributed by atoms with Gasteiger partial charge in [-0.1, -0.05) is 36.4 Å². The maximum atomic E-state index is 12.8. The molecule has 3 N–H and O–H groups in total. The summed E-state index contributed by atoms with van der Waals surface area (Å²) in [5.74, 6) is 0. The van der Waals surface area contributed by atoms with Crippen LogP contribution < -0.4 is 5.32 Å². The van der Waals surface area contributed by atoms with Gasteiger partial charge in [0.15, 0.2) is 0 Å². The van der Waals surface area contributed by atoms with Crippen LogP contribution >= 0.6 is 24.8 Å². The molecule has 28 heavy (non-hydrogen) atoms. The van der Waals surface area contributed by atoms with E-state index in [1.54, 1.807) is 6.07 Å². The highest BCUT2D eigenvalue weighted by Crippen LogP contribution is 2.30. The van der Waals surface area contributed by atoms with Crippen LogP contribution in [0.4, 0.5) is 18.9 Å². The third-order valence-corrected chi connectivity index (χ3v) is 4.20. The first-order valence-electron chi connectivity index (χ1n) is 8.30. The van der Waals surface area contributed by atoms with E-state index >= 15 is 0 Å². The lowest BCUT2D eigenvalue weighted by atomic mass is 10.1. The van der Waals surface area contributed by atoms with Crippen molar-refractivity contribution in [3.63, 3.8) is 0 Å². The number of alkyl halides is 3. The van der Waals surface area contributed by atoms with E-state index in [-0.39, 0.29) is 36.4 Å². The van der Waals surface area contributed by atoms with E-state index in [0.717, 1.165) is 31.8 Å². The van der Waals surface area contributed by atoms with E-state index in [2.05, 4.69) is 22.3 Å². The maximum absolute atomic E-state index is 12.8. The van der Waals surface area contributed by atoms with Crippen LogP contribution in [0.15, 0.2) is 54.6 Å². The Labute approximate surface area is 175 Å². The van der Waals surface area contributed by atoms with Crippen molar-refractivity contribution in [2.75, 3.05) is 31.6 Å². The molecule has 0 aliphatic carbocycles. The molecule has 4 nitrogen and oxygen atoms in total. The fraction of sp³-hybridized carbons (Fsp3) is 0.368. The van der Waals surface area contributed by atoms with E-state index in [4.69, 9.17) is 4.74 Å². The number of nitrogens with zero attached hydrogens (tertiary/aromatic N) is 1. The lowest BCUT2D eigenvalue weighted by Crippen LogP contribution is -2.44. The second-order valence-corrected chi connectivity index (χ2v) is 6.17. The van der Waals surface area contributed by atoms with Crippen LogP contribution in [0.5, 0.6) is 0 Å². The van der Waals surface area contributed by atoms with E-state index in [1.807, 2.05) is 18.2 Å². The van der Waals surface area contributed by atoms with Crippen LogP contribution in [-0.4, -0.2) is 42.7 Å². The first-order valence-corrected chi connectivity index (χ1v) is 8.30. The third kappa shape index (κ3) is 7.85. The summed E-state index contributed by atoms with van der Waals surface area (Å²) in [6, 6.07) is 15.5. The SMILES string of the molecule is Cl.Cl.FC(F)(F)c1cccc(NCC2CN(Cc3ccccc3)CCO2)c1.O. The third-order valence-electron chi connectivity index (χ3n) is 4.20. The molecule has 2 aromatic rings. The number of rotatable bonds is 5. The molecule has 0 radical (unpaired) electrons. The summed E-state index contributed by atoms with van der Waals surface area (Å²) < 4.78 is 44.0. The van der Waals surface area contributed by atoms with Gasteiger partial charge in [0.2, 0.25) is 0 Å². The number of ether oxygens (including phenoxy) is 1. The Morgan fingerprint density at radius 3 is 2.43 bits per heavy atom. The fourth-order valence-corrected chi connectivity index (χ4v) is 2.93. The van der Waals surface area contributed by atoms with Crippen molar-refractivity contribution in [3.05, 3.63) is 65.7 Å². The zero-order valence-corrected chi connectivity index (χ0v) is 16.7. The molecule has 0 bridgehead atoms. The van der Waals surface area contributed by atoms with Crippen LogP contribution in [0.1, 0.15) is 11.1 Å². The lowest BCUT2D eigenvalue weighted by molar-refractivity contribution is -0.137. The zero-order chi connectivity index (χ0) is 17.7. The number of hydrogen-bond acceptors (Lipinski definition) is 3. The van der Waals surface area contributed by atoms with Crippen molar-refractivity contribution in [3.8, 4) is 0 Å². The Kier molecular flexibility index (Phi) is 11.5. The molecular formula is C19H25Cl2F3N2O2. The Morgan fingerprint density at radius 2 is 1.75 bits per heavy atom. The standard InChI is InChI=1S/C19H21F3N2O.2ClH.H2O/c20-19(21,22)16-7-4-8-17(11-16)23-12-18-14-24(9-10-25-18)13-15-5-2-1-3-6-15;;;/h1-8,11,18,23H,9-10,12-14H2;2*1H;1H2. The van der Waals surface area contributed by atoms with Gasteiger partial charge in [-0.2, -0.15) is 13.2 Å². The number of nitrogens with one attached hydrogen (secondary N) is 1. The predicted molar refractivity (Wildman–Crippen MR) is 110 cm³/mol. The number of morpholine rings is 1. The molecule has 1 aliphatic heterocycles. The molecule has 1 saturated heterocycles. The van der Waals surface area contributed by atoms with Crippen LogP contribution in [-0.2, 0) is 17.5 Å². The van der Waals surface area contributed by atoms with Crippen LogP contribution in [0.25, 0.3) is 0 Å². The summed E-state index contributed by atoms with van der Waals surface area (Å²) in [6.45, 7) is 3.56. The summed E-state index contributed by atoms with van der Waals surface area (Å²) in [5, 5.41) is 3.06. The average molecular weight is 441 g/mol. The molecule has 1 unspecified atom stereocenters. The van der Waals surface area contributed by atoms with Crippen LogP contribution in [0, 0.1) is 0 Å². The lowest BCUT2D eigenvalue weighted by Gasteiger charge is -2.33. The van der Waals surface area contributed by atoms with E-state index < -0.39 is 11.7 Å². The Bertz CT molecular complexity index is 690. The highest BCUT2D eigenvalue weighted by molar-refractivity contribution is 5.85. The molecule has 0 spiro atoms. The molecule has 1 aliphatic rings. The van der Waals surface area contributed by atoms with Crippen molar-refractivity contribution in [2.45, 2.75) is 18.8 Å². The molecule has 0 aromatic heterocycles. The fourth-order valence-electron chi connectivity index (χ4n) is 2.93. The molecule has 2 aromatic carbocycles.